The third-order valence-corrected chi connectivity index (χ3v) is 4.09. The number of nitrogens with zero attached hydrogens (tertiary/aromatic N) is 2. The first-order valence-corrected chi connectivity index (χ1v) is 7.54. The number of nitrogens with one attached hydrogen (secondary N) is 1. The lowest BCUT2D eigenvalue weighted by Gasteiger charge is -2.35. The van der Waals surface area contributed by atoms with Gasteiger partial charge in [0.2, 0.25) is 0 Å². The van der Waals surface area contributed by atoms with Gasteiger partial charge >= 0.3 is 0 Å². The molecular formula is C17H29N3O. The van der Waals surface area contributed by atoms with Crippen LogP contribution in [-0.2, 0) is 0 Å². The Morgan fingerprint density at radius 1 is 1.24 bits per heavy atom. The number of carbonyl (C=O) groups is 1. The van der Waals surface area contributed by atoms with Gasteiger partial charge in [-0.15, -0.1) is 0 Å². The molecular weight excluding hydrogens is 262 g/mol. The molecule has 1 aromatic heterocycles. The maximum absolute atomic E-state index is 12.7. The highest BCUT2D eigenvalue weighted by Gasteiger charge is 2.28. The second kappa shape index (κ2) is 6.46. The van der Waals surface area contributed by atoms with E-state index in [1.54, 1.807) is 0 Å². The van der Waals surface area contributed by atoms with Crippen molar-refractivity contribution in [2.75, 3.05) is 19.4 Å². The Balaban J connectivity index is 3.15. The highest BCUT2D eigenvalue weighted by Crippen LogP contribution is 2.25. The van der Waals surface area contributed by atoms with Crippen molar-refractivity contribution in [3.05, 3.63) is 23.4 Å². The lowest BCUT2D eigenvalue weighted by Crippen LogP contribution is -2.43. The summed E-state index contributed by atoms with van der Waals surface area (Å²) >= 11 is 0. The molecule has 1 unspecified atom stereocenters. The molecule has 0 aliphatic carbocycles. The first kappa shape index (κ1) is 17.5. The van der Waals surface area contributed by atoms with E-state index < -0.39 is 0 Å². The van der Waals surface area contributed by atoms with E-state index in [9.17, 15) is 4.79 Å². The van der Waals surface area contributed by atoms with Gasteiger partial charge in [-0.05, 0) is 30.4 Å². The van der Waals surface area contributed by atoms with Crippen LogP contribution in [0, 0.1) is 5.41 Å². The predicted molar refractivity (Wildman–Crippen MR) is 88.9 cm³/mol. The Morgan fingerprint density at radius 2 is 1.81 bits per heavy atom. The van der Waals surface area contributed by atoms with Gasteiger partial charge in [-0.25, -0.2) is 4.98 Å². The van der Waals surface area contributed by atoms with Gasteiger partial charge in [0.1, 0.15) is 5.82 Å². The van der Waals surface area contributed by atoms with Crippen molar-refractivity contribution in [2.24, 2.45) is 5.41 Å². The van der Waals surface area contributed by atoms with E-state index >= 15 is 0 Å². The average molecular weight is 291 g/mol. The number of carbonyl (C=O) groups excluding carboxylic acids is 1. The Labute approximate surface area is 129 Å². The molecule has 0 aliphatic rings. The summed E-state index contributed by atoms with van der Waals surface area (Å²) in [5, 5.41) is 3.03. The van der Waals surface area contributed by atoms with E-state index in [-0.39, 0.29) is 23.3 Å². The minimum absolute atomic E-state index is 0.0400. The van der Waals surface area contributed by atoms with Crippen molar-refractivity contribution >= 4 is 11.7 Å². The van der Waals surface area contributed by atoms with E-state index in [0.29, 0.717) is 5.56 Å². The monoisotopic (exact) mass is 291 g/mol. The third-order valence-electron chi connectivity index (χ3n) is 4.09. The lowest BCUT2D eigenvalue weighted by molar-refractivity contribution is 0.0629. The molecule has 1 amide bonds. The van der Waals surface area contributed by atoms with Crippen LogP contribution in [0.2, 0.25) is 0 Å². The summed E-state index contributed by atoms with van der Waals surface area (Å²) in [6.07, 6.45) is 0. The standard InChI is InChI=1S/C17H29N3O/c1-11(2)14-9-13(10-15(18-7)19-14)16(21)20(8)12(3)17(4,5)6/h9-12H,1-8H3,(H,18,19). The minimum atomic E-state index is 0.0400. The smallest absolute Gasteiger partial charge is 0.254 e. The van der Waals surface area contributed by atoms with Crippen LogP contribution in [0.15, 0.2) is 12.1 Å². The van der Waals surface area contributed by atoms with Crippen LogP contribution in [0.25, 0.3) is 0 Å². The molecule has 0 saturated heterocycles. The topological polar surface area (TPSA) is 45.2 Å². The molecule has 118 valence electrons. The fraction of sp³-hybridized carbons (Fsp3) is 0.647. The summed E-state index contributed by atoms with van der Waals surface area (Å²) < 4.78 is 0. The number of rotatable bonds is 4. The second-order valence-electron chi connectivity index (χ2n) is 7.03. The summed E-state index contributed by atoms with van der Waals surface area (Å²) in [4.78, 5) is 19.1. The molecule has 0 saturated carbocycles. The Bertz CT molecular complexity index is 503. The Kier molecular flexibility index (Phi) is 5.37. The normalized spacial score (nSPS) is 13.2. The second-order valence-corrected chi connectivity index (χ2v) is 7.03. The third kappa shape index (κ3) is 4.19. The number of amides is 1. The van der Waals surface area contributed by atoms with Crippen LogP contribution in [0.5, 0.6) is 0 Å². The Morgan fingerprint density at radius 3 is 2.24 bits per heavy atom. The molecule has 1 heterocycles. The summed E-state index contributed by atoms with van der Waals surface area (Å²) in [6.45, 7) is 12.7. The molecule has 1 N–H and O–H groups in total. The molecule has 1 aromatic rings. The van der Waals surface area contributed by atoms with E-state index in [1.807, 2.05) is 31.1 Å². The molecule has 1 rings (SSSR count). The fourth-order valence-corrected chi connectivity index (χ4v) is 2.06. The van der Waals surface area contributed by atoms with Crippen LogP contribution >= 0.6 is 0 Å². The van der Waals surface area contributed by atoms with Crippen molar-refractivity contribution < 1.29 is 4.79 Å². The van der Waals surface area contributed by atoms with Gasteiger partial charge in [0.15, 0.2) is 0 Å². The number of pyridine rings is 1. The van der Waals surface area contributed by atoms with E-state index in [0.717, 1.165) is 11.5 Å². The molecule has 4 nitrogen and oxygen atoms in total. The van der Waals surface area contributed by atoms with Crippen LogP contribution < -0.4 is 5.32 Å². The SMILES string of the molecule is CNc1cc(C(=O)N(C)C(C)C(C)(C)C)cc(C(C)C)n1. The average Bonchev–Trinajstić information content (AvgIpc) is 2.43. The van der Waals surface area contributed by atoms with Crippen molar-refractivity contribution in [2.45, 2.75) is 53.5 Å². The number of hydrogen-bond donors (Lipinski definition) is 1. The van der Waals surface area contributed by atoms with Crippen molar-refractivity contribution in [1.29, 1.82) is 0 Å². The van der Waals surface area contributed by atoms with Gasteiger partial charge in [-0.2, -0.15) is 0 Å². The van der Waals surface area contributed by atoms with Gasteiger partial charge < -0.3 is 10.2 Å². The van der Waals surface area contributed by atoms with Crippen molar-refractivity contribution in [3.8, 4) is 0 Å². The zero-order valence-corrected chi connectivity index (χ0v) is 14.6. The molecule has 21 heavy (non-hydrogen) atoms. The van der Waals surface area contributed by atoms with Crippen LogP contribution in [0.4, 0.5) is 5.82 Å². The highest BCUT2D eigenvalue weighted by atomic mass is 16.2. The van der Waals surface area contributed by atoms with Crippen molar-refractivity contribution in [3.63, 3.8) is 0 Å². The van der Waals surface area contributed by atoms with E-state index in [1.165, 1.54) is 0 Å². The largest absolute Gasteiger partial charge is 0.373 e. The Hall–Kier alpha value is -1.58. The molecule has 0 aromatic carbocycles. The van der Waals surface area contributed by atoms with Crippen LogP contribution in [0.3, 0.4) is 0 Å². The predicted octanol–water partition coefficient (Wildman–Crippen LogP) is 3.75. The first-order chi connectivity index (χ1) is 9.57. The summed E-state index contributed by atoms with van der Waals surface area (Å²) in [5.41, 5.74) is 1.67. The molecule has 0 radical (unpaired) electrons. The first-order valence-electron chi connectivity index (χ1n) is 7.54. The summed E-state index contributed by atoms with van der Waals surface area (Å²) in [6, 6.07) is 3.87. The van der Waals surface area contributed by atoms with Gasteiger partial charge in [-0.1, -0.05) is 34.6 Å². The molecule has 0 spiro atoms. The molecule has 0 bridgehead atoms. The van der Waals surface area contributed by atoms with E-state index in [2.05, 4.69) is 51.8 Å². The number of anilines is 1. The zero-order valence-electron chi connectivity index (χ0n) is 14.6. The summed E-state index contributed by atoms with van der Waals surface area (Å²) in [5.74, 6) is 1.06. The van der Waals surface area contributed by atoms with Crippen LogP contribution in [0.1, 0.15) is 63.5 Å². The van der Waals surface area contributed by atoms with Crippen LogP contribution in [-0.4, -0.2) is 35.9 Å². The van der Waals surface area contributed by atoms with Crippen molar-refractivity contribution in [1.82, 2.24) is 9.88 Å². The molecule has 4 heteroatoms. The van der Waals surface area contributed by atoms with Gasteiger partial charge in [0.05, 0.1) is 0 Å². The highest BCUT2D eigenvalue weighted by molar-refractivity contribution is 5.95. The van der Waals surface area contributed by atoms with Gasteiger partial charge in [0.25, 0.3) is 5.91 Å². The minimum Gasteiger partial charge on any atom is -0.373 e. The summed E-state index contributed by atoms with van der Waals surface area (Å²) in [7, 11) is 3.69. The number of aromatic nitrogens is 1. The number of hydrogen-bond acceptors (Lipinski definition) is 3. The fourth-order valence-electron chi connectivity index (χ4n) is 2.06. The molecule has 0 fully saturated rings. The molecule has 0 aliphatic heterocycles. The lowest BCUT2D eigenvalue weighted by atomic mass is 9.87. The van der Waals surface area contributed by atoms with Gasteiger partial charge in [-0.3, -0.25) is 4.79 Å². The van der Waals surface area contributed by atoms with Gasteiger partial charge in [0, 0.05) is 31.4 Å². The maximum atomic E-state index is 12.7. The zero-order chi connectivity index (χ0) is 16.4. The quantitative estimate of drug-likeness (QED) is 0.919. The molecule has 1 atom stereocenters. The van der Waals surface area contributed by atoms with E-state index in [4.69, 9.17) is 0 Å². The maximum Gasteiger partial charge on any atom is 0.254 e.